The second-order valence-corrected chi connectivity index (χ2v) is 5.95. The van der Waals surface area contributed by atoms with Crippen LogP contribution in [0.3, 0.4) is 0 Å². The quantitative estimate of drug-likeness (QED) is 0.805. The standard InChI is InChI=1S/C17H27N3O2/c1-12(2)17(22)20(5)11-14-6-8-15(9-7-14)16(21)19-10-13(3)18-4/h6-9,12-13,18H,10-11H2,1-5H3,(H,19,21). The van der Waals surface area contributed by atoms with Crippen LogP contribution in [0, 0.1) is 5.92 Å². The van der Waals surface area contributed by atoms with E-state index in [2.05, 4.69) is 10.6 Å². The van der Waals surface area contributed by atoms with Crippen molar-refractivity contribution in [1.29, 1.82) is 0 Å². The Morgan fingerprint density at radius 2 is 1.73 bits per heavy atom. The van der Waals surface area contributed by atoms with Crippen molar-refractivity contribution < 1.29 is 9.59 Å². The Morgan fingerprint density at radius 3 is 2.23 bits per heavy atom. The lowest BCUT2D eigenvalue weighted by Crippen LogP contribution is -2.37. The number of carbonyl (C=O) groups is 2. The summed E-state index contributed by atoms with van der Waals surface area (Å²) < 4.78 is 0. The predicted molar refractivity (Wildman–Crippen MR) is 88.6 cm³/mol. The Hall–Kier alpha value is -1.88. The van der Waals surface area contributed by atoms with Crippen molar-refractivity contribution in [2.24, 2.45) is 5.92 Å². The second kappa shape index (κ2) is 8.54. The van der Waals surface area contributed by atoms with E-state index in [1.165, 1.54) is 0 Å². The van der Waals surface area contributed by atoms with E-state index in [4.69, 9.17) is 0 Å². The highest BCUT2D eigenvalue weighted by atomic mass is 16.2. The molecule has 0 spiro atoms. The summed E-state index contributed by atoms with van der Waals surface area (Å²) in [4.78, 5) is 25.6. The smallest absolute Gasteiger partial charge is 0.251 e. The zero-order chi connectivity index (χ0) is 16.7. The van der Waals surface area contributed by atoms with Crippen LogP contribution in [0.2, 0.25) is 0 Å². The van der Waals surface area contributed by atoms with E-state index < -0.39 is 0 Å². The largest absolute Gasteiger partial charge is 0.350 e. The molecule has 22 heavy (non-hydrogen) atoms. The maximum atomic E-state index is 12.0. The van der Waals surface area contributed by atoms with Crippen LogP contribution in [0.15, 0.2) is 24.3 Å². The Morgan fingerprint density at radius 1 is 1.14 bits per heavy atom. The first-order valence-corrected chi connectivity index (χ1v) is 7.64. The van der Waals surface area contributed by atoms with Gasteiger partial charge in [0.25, 0.3) is 5.91 Å². The monoisotopic (exact) mass is 305 g/mol. The van der Waals surface area contributed by atoms with Crippen LogP contribution in [0.1, 0.15) is 36.7 Å². The molecule has 0 radical (unpaired) electrons. The number of hydrogen-bond acceptors (Lipinski definition) is 3. The lowest BCUT2D eigenvalue weighted by atomic mass is 10.1. The molecule has 2 amide bonds. The first-order chi connectivity index (χ1) is 10.3. The number of rotatable bonds is 7. The van der Waals surface area contributed by atoms with E-state index in [1.54, 1.807) is 24.1 Å². The van der Waals surface area contributed by atoms with Crippen LogP contribution in [-0.4, -0.2) is 43.4 Å². The van der Waals surface area contributed by atoms with Gasteiger partial charge in [-0.05, 0) is 31.7 Å². The highest BCUT2D eigenvalue weighted by Gasteiger charge is 2.13. The molecule has 0 aromatic heterocycles. The molecule has 0 aliphatic rings. The van der Waals surface area contributed by atoms with Crippen molar-refractivity contribution in [3.05, 3.63) is 35.4 Å². The molecule has 0 saturated heterocycles. The minimum absolute atomic E-state index is 0.00999. The molecule has 0 aliphatic carbocycles. The van der Waals surface area contributed by atoms with Crippen molar-refractivity contribution in [3.8, 4) is 0 Å². The zero-order valence-electron chi connectivity index (χ0n) is 14.1. The van der Waals surface area contributed by atoms with Gasteiger partial charge in [-0.1, -0.05) is 26.0 Å². The summed E-state index contributed by atoms with van der Waals surface area (Å²) in [6.45, 7) is 6.92. The van der Waals surface area contributed by atoms with Gasteiger partial charge in [-0.25, -0.2) is 0 Å². The molecule has 122 valence electrons. The van der Waals surface area contributed by atoms with Gasteiger partial charge in [-0.15, -0.1) is 0 Å². The van der Waals surface area contributed by atoms with Gasteiger partial charge in [0.1, 0.15) is 0 Å². The molecular formula is C17H27N3O2. The summed E-state index contributed by atoms with van der Waals surface area (Å²) in [5.74, 6) is 0.0207. The SMILES string of the molecule is CNC(C)CNC(=O)c1ccc(CN(C)C(=O)C(C)C)cc1. The third-order valence-electron chi connectivity index (χ3n) is 3.57. The van der Waals surface area contributed by atoms with Crippen LogP contribution < -0.4 is 10.6 Å². The summed E-state index contributed by atoms with van der Waals surface area (Å²) in [7, 11) is 3.66. The Kier molecular flexibility index (Phi) is 7.05. The van der Waals surface area contributed by atoms with Crippen molar-refractivity contribution in [1.82, 2.24) is 15.5 Å². The highest BCUT2D eigenvalue weighted by molar-refractivity contribution is 5.94. The molecule has 0 aliphatic heterocycles. The van der Waals surface area contributed by atoms with Crippen LogP contribution in [0.25, 0.3) is 0 Å². The fraction of sp³-hybridized carbons (Fsp3) is 0.529. The molecule has 1 atom stereocenters. The first-order valence-electron chi connectivity index (χ1n) is 7.64. The van der Waals surface area contributed by atoms with Gasteiger partial charge in [0.15, 0.2) is 0 Å². The molecule has 0 heterocycles. The number of amides is 2. The zero-order valence-corrected chi connectivity index (χ0v) is 14.1. The maximum absolute atomic E-state index is 12.0. The van der Waals surface area contributed by atoms with E-state index in [1.807, 2.05) is 40.0 Å². The average molecular weight is 305 g/mol. The lowest BCUT2D eigenvalue weighted by Gasteiger charge is -2.19. The second-order valence-electron chi connectivity index (χ2n) is 5.95. The maximum Gasteiger partial charge on any atom is 0.251 e. The number of likely N-dealkylation sites (N-methyl/N-ethyl adjacent to an activating group) is 1. The molecule has 1 rings (SSSR count). The summed E-state index contributed by atoms with van der Waals surface area (Å²) in [5, 5.41) is 5.95. The Balaban J connectivity index is 2.59. The van der Waals surface area contributed by atoms with Gasteiger partial charge < -0.3 is 15.5 Å². The van der Waals surface area contributed by atoms with Crippen LogP contribution in [-0.2, 0) is 11.3 Å². The van der Waals surface area contributed by atoms with Crippen molar-refractivity contribution in [2.75, 3.05) is 20.6 Å². The minimum Gasteiger partial charge on any atom is -0.350 e. The molecule has 1 aromatic rings. The molecule has 1 unspecified atom stereocenters. The number of nitrogens with zero attached hydrogens (tertiary/aromatic N) is 1. The summed E-state index contributed by atoms with van der Waals surface area (Å²) in [5.41, 5.74) is 1.64. The molecule has 5 heteroatoms. The highest BCUT2D eigenvalue weighted by Crippen LogP contribution is 2.09. The topological polar surface area (TPSA) is 61.4 Å². The van der Waals surface area contributed by atoms with Crippen molar-refractivity contribution in [3.63, 3.8) is 0 Å². The molecule has 0 bridgehead atoms. The molecule has 2 N–H and O–H groups in total. The van der Waals surface area contributed by atoms with E-state index in [-0.39, 0.29) is 23.8 Å². The average Bonchev–Trinajstić information content (AvgIpc) is 2.51. The van der Waals surface area contributed by atoms with Crippen molar-refractivity contribution >= 4 is 11.8 Å². The molecular weight excluding hydrogens is 278 g/mol. The Bertz CT molecular complexity index is 497. The molecule has 1 aromatic carbocycles. The van der Waals surface area contributed by atoms with Gasteiger partial charge in [0.2, 0.25) is 5.91 Å². The summed E-state index contributed by atoms with van der Waals surface area (Å²) in [6, 6.07) is 7.60. The van der Waals surface area contributed by atoms with Gasteiger partial charge >= 0.3 is 0 Å². The van der Waals surface area contributed by atoms with E-state index in [9.17, 15) is 9.59 Å². The number of hydrogen-bond donors (Lipinski definition) is 2. The van der Waals surface area contributed by atoms with E-state index in [0.29, 0.717) is 18.7 Å². The van der Waals surface area contributed by atoms with Gasteiger partial charge in [-0.3, -0.25) is 9.59 Å². The third-order valence-corrected chi connectivity index (χ3v) is 3.57. The fourth-order valence-electron chi connectivity index (χ4n) is 2.00. The molecule has 0 fully saturated rings. The Labute approximate surface area is 133 Å². The normalized spacial score (nSPS) is 12.1. The lowest BCUT2D eigenvalue weighted by molar-refractivity contribution is -0.133. The minimum atomic E-state index is -0.0831. The molecule has 0 saturated carbocycles. The first kappa shape index (κ1) is 18.2. The number of carbonyl (C=O) groups excluding carboxylic acids is 2. The van der Waals surface area contributed by atoms with Gasteiger partial charge in [0, 0.05) is 37.7 Å². The van der Waals surface area contributed by atoms with Gasteiger partial charge in [-0.2, -0.15) is 0 Å². The van der Waals surface area contributed by atoms with Gasteiger partial charge in [0.05, 0.1) is 0 Å². The van der Waals surface area contributed by atoms with Crippen LogP contribution >= 0.6 is 0 Å². The van der Waals surface area contributed by atoms with E-state index >= 15 is 0 Å². The summed E-state index contributed by atoms with van der Waals surface area (Å²) in [6.07, 6.45) is 0. The third kappa shape index (κ3) is 5.48. The summed E-state index contributed by atoms with van der Waals surface area (Å²) >= 11 is 0. The number of nitrogens with one attached hydrogen (secondary N) is 2. The molecule has 5 nitrogen and oxygen atoms in total. The number of benzene rings is 1. The van der Waals surface area contributed by atoms with E-state index in [0.717, 1.165) is 5.56 Å². The predicted octanol–water partition coefficient (Wildman–Crippen LogP) is 1.64. The van der Waals surface area contributed by atoms with Crippen LogP contribution in [0.4, 0.5) is 0 Å². The fourth-order valence-corrected chi connectivity index (χ4v) is 2.00. The van der Waals surface area contributed by atoms with Crippen LogP contribution in [0.5, 0.6) is 0 Å². The van der Waals surface area contributed by atoms with Crippen molar-refractivity contribution in [2.45, 2.75) is 33.4 Å².